The molecule has 1 aliphatic heterocycles. The predicted octanol–water partition coefficient (Wildman–Crippen LogP) is 1.42. The molecule has 0 radical (unpaired) electrons. The van der Waals surface area contributed by atoms with Crippen molar-refractivity contribution in [2.75, 3.05) is 26.3 Å². The average Bonchev–Trinajstić information content (AvgIpc) is 2.29. The van der Waals surface area contributed by atoms with E-state index in [1.54, 1.807) is 0 Å². The summed E-state index contributed by atoms with van der Waals surface area (Å²) in [5.41, 5.74) is 5.86. The lowest BCUT2D eigenvalue weighted by atomic mass is 9.91. The third kappa shape index (κ3) is 5.70. The van der Waals surface area contributed by atoms with Gasteiger partial charge in [-0.1, -0.05) is 0 Å². The van der Waals surface area contributed by atoms with Crippen molar-refractivity contribution in [3.05, 3.63) is 0 Å². The maximum atomic E-state index is 11.8. The first-order valence-corrected chi connectivity index (χ1v) is 6.26. The molecular formula is C12H25ClN2O2. The van der Waals surface area contributed by atoms with Gasteiger partial charge in [0.2, 0.25) is 5.91 Å². The number of amides is 1. The van der Waals surface area contributed by atoms with Gasteiger partial charge in [0.25, 0.3) is 0 Å². The molecule has 1 heterocycles. The van der Waals surface area contributed by atoms with Gasteiger partial charge in [-0.15, -0.1) is 12.4 Å². The zero-order chi connectivity index (χ0) is 12.0. The summed E-state index contributed by atoms with van der Waals surface area (Å²) in [5.74, 6) is 0.799. The predicted molar refractivity (Wildman–Crippen MR) is 71.3 cm³/mol. The minimum atomic E-state index is 0. The van der Waals surface area contributed by atoms with Gasteiger partial charge in [0.15, 0.2) is 0 Å². The molecule has 0 aromatic carbocycles. The standard InChI is InChI=1S/C12H24N2O2.ClH/c1-3-16-9-6-12(15)14-7-4-11(5-8-14)10(2)13;/h10-11H,3-9,13H2,1-2H3;1H. The molecular weight excluding hydrogens is 240 g/mol. The Bertz CT molecular complexity index is 217. The van der Waals surface area contributed by atoms with Crippen LogP contribution in [0.4, 0.5) is 0 Å². The van der Waals surface area contributed by atoms with Gasteiger partial charge in [0.05, 0.1) is 13.0 Å². The number of likely N-dealkylation sites (tertiary alicyclic amines) is 1. The van der Waals surface area contributed by atoms with Crippen LogP contribution >= 0.6 is 12.4 Å². The van der Waals surface area contributed by atoms with Crippen LogP contribution < -0.4 is 5.73 Å². The van der Waals surface area contributed by atoms with Gasteiger partial charge in [-0.25, -0.2) is 0 Å². The van der Waals surface area contributed by atoms with E-state index in [1.165, 1.54) is 0 Å². The molecule has 4 nitrogen and oxygen atoms in total. The maximum Gasteiger partial charge on any atom is 0.224 e. The van der Waals surface area contributed by atoms with Crippen LogP contribution in [0.5, 0.6) is 0 Å². The molecule has 1 unspecified atom stereocenters. The highest BCUT2D eigenvalue weighted by molar-refractivity contribution is 5.85. The molecule has 102 valence electrons. The smallest absolute Gasteiger partial charge is 0.224 e. The molecule has 1 fully saturated rings. The van der Waals surface area contributed by atoms with Crippen molar-refractivity contribution in [2.24, 2.45) is 11.7 Å². The average molecular weight is 265 g/mol. The van der Waals surface area contributed by atoms with Crippen molar-refractivity contribution in [1.82, 2.24) is 4.90 Å². The molecule has 1 amide bonds. The van der Waals surface area contributed by atoms with Crippen molar-refractivity contribution in [1.29, 1.82) is 0 Å². The van der Waals surface area contributed by atoms with Crippen LogP contribution in [-0.4, -0.2) is 43.2 Å². The minimum absolute atomic E-state index is 0. The lowest BCUT2D eigenvalue weighted by molar-refractivity contribution is -0.133. The maximum absolute atomic E-state index is 11.8. The number of carbonyl (C=O) groups excluding carboxylic acids is 1. The number of carbonyl (C=O) groups is 1. The SMILES string of the molecule is CCOCCC(=O)N1CCC(C(C)N)CC1.Cl. The normalized spacial score (nSPS) is 18.6. The summed E-state index contributed by atoms with van der Waals surface area (Å²) in [6.07, 6.45) is 2.59. The second kappa shape index (κ2) is 8.72. The van der Waals surface area contributed by atoms with Crippen LogP contribution in [0.15, 0.2) is 0 Å². The fourth-order valence-corrected chi connectivity index (χ4v) is 2.14. The first kappa shape index (κ1) is 16.7. The summed E-state index contributed by atoms with van der Waals surface area (Å²) < 4.78 is 5.19. The summed E-state index contributed by atoms with van der Waals surface area (Å²) in [5, 5.41) is 0. The van der Waals surface area contributed by atoms with E-state index in [1.807, 2.05) is 11.8 Å². The summed E-state index contributed by atoms with van der Waals surface area (Å²) in [4.78, 5) is 13.7. The molecule has 17 heavy (non-hydrogen) atoms. The van der Waals surface area contributed by atoms with Gasteiger partial charge in [-0.3, -0.25) is 4.79 Å². The molecule has 1 aliphatic rings. The zero-order valence-electron chi connectivity index (χ0n) is 10.9. The van der Waals surface area contributed by atoms with E-state index in [0.29, 0.717) is 25.6 Å². The number of hydrogen-bond donors (Lipinski definition) is 1. The number of hydrogen-bond acceptors (Lipinski definition) is 3. The van der Waals surface area contributed by atoms with Gasteiger partial charge in [-0.05, 0) is 32.6 Å². The van der Waals surface area contributed by atoms with Gasteiger partial charge in [-0.2, -0.15) is 0 Å². The van der Waals surface area contributed by atoms with E-state index >= 15 is 0 Å². The third-order valence-corrected chi connectivity index (χ3v) is 3.30. The quantitative estimate of drug-likeness (QED) is 0.764. The van der Waals surface area contributed by atoms with E-state index in [-0.39, 0.29) is 24.4 Å². The number of halogens is 1. The van der Waals surface area contributed by atoms with Crippen molar-refractivity contribution >= 4 is 18.3 Å². The van der Waals surface area contributed by atoms with Crippen molar-refractivity contribution in [3.8, 4) is 0 Å². The third-order valence-electron chi connectivity index (χ3n) is 3.30. The fraction of sp³-hybridized carbons (Fsp3) is 0.917. The molecule has 1 atom stereocenters. The number of nitrogens with two attached hydrogens (primary N) is 1. The van der Waals surface area contributed by atoms with Crippen LogP contribution in [0.1, 0.15) is 33.1 Å². The second-order valence-corrected chi connectivity index (χ2v) is 4.52. The summed E-state index contributed by atoms with van der Waals surface area (Å²) >= 11 is 0. The topological polar surface area (TPSA) is 55.6 Å². The number of nitrogens with zero attached hydrogens (tertiary/aromatic N) is 1. The van der Waals surface area contributed by atoms with Crippen molar-refractivity contribution in [2.45, 2.75) is 39.2 Å². The Hall–Kier alpha value is -0.320. The monoisotopic (exact) mass is 264 g/mol. The van der Waals surface area contributed by atoms with E-state index in [0.717, 1.165) is 25.9 Å². The second-order valence-electron chi connectivity index (χ2n) is 4.52. The van der Waals surface area contributed by atoms with Crippen LogP contribution in [0.25, 0.3) is 0 Å². The summed E-state index contributed by atoms with van der Waals surface area (Å²) in [6, 6.07) is 0.251. The highest BCUT2D eigenvalue weighted by Crippen LogP contribution is 2.19. The Balaban J connectivity index is 0.00000256. The van der Waals surface area contributed by atoms with Gasteiger partial charge < -0.3 is 15.4 Å². The molecule has 0 aliphatic carbocycles. The fourth-order valence-electron chi connectivity index (χ4n) is 2.14. The highest BCUT2D eigenvalue weighted by Gasteiger charge is 2.24. The molecule has 2 N–H and O–H groups in total. The van der Waals surface area contributed by atoms with Crippen molar-refractivity contribution in [3.63, 3.8) is 0 Å². The van der Waals surface area contributed by atoms with Gasteiger partial charge in [0.1, 0.15) is 0 Å². The van der Waals surface area contributed by atoms with E-state index in [4.69, 9.17) is 10.5 Å². The summed E-state index contributed by atoms with van der Waals surface area (Å²) in [6.45, 7) is 6.94. The van der Waals surface area contributed by atoms with E-state index in [9.17, 15) is 4.79 Å². The van der Waals surface area contributed by atoms with Crippen LogP contribution in [0.2, 0.25) is 0 Å². The Morgan fingerprint density at radius 2 is 2.06 bits per heavy atom. The van der Waals surface area contributed by atoms with Crippen LogP contribution in [0, 0.1) is 5.92 Å². The molecule has 1 rings (SSSR count). The molecule has 0 bridgehead atoms. The lowest BCUT2D eigenvalue weighted by Gasteiger charge is -2.33. The Morgan fingerprint density at radius 3 is 2.53 bits per heavy atom. The molecule has 1 saturated heterocycles. The Morgan fingerprint density at radius 1 is 1.47 bits per heavy atom. The molecule has 0 spiro atoms. The van der Waals surface area contributed by atoms with E-state index in [2.05, 4.69) is 6.92 Å². The van der Waals surface area contributed by atoms with Gasteiger partial charge >= 0.3 is 0 Å². The first-order chi connectivity index (χ1) is 7.65. The number of rotatable bonds is 5. The number of ether oxygens (including phenoxy) is 1. The number of piperidine rings is 1. The molecule has 0 aromatic heterocycles. The van der Waals surface area contributed by atoms with E-state index < -0.39 is 0 Å². The molecule has 0 saturated carbocycles. The van der Waals surface area contributed by atoms with Crippen LogP contribution in [0.3, 0.4) is 0 Å². The zero-order valence-corrected chi connectivity index (χ0v) is 11.7. The largest absolute Gasteiger partial charge is 0.381 e. The van der Waals surface area contributed by atoms with Gasteiger partial charge in [0, 0.05) is 25.7 Å². The lowest BCUT2D eigenvalue weighted by Crippen LogP contribution is -2.42. The Labute approximate surface area is 110 Å². The molecule has 5 heteroatoms. The molecule has 0 aromatic rings. The van der Waals surface area contributed by atoms with Crippen molar-refractivity contribution < 1.29 is 9.53 Å². The van der Waals surface area contributed by atoms with Crippen LogP contribution in [-0.2, 0) is 9.53 Å². The Kier molecular flexibility index (Phi) is 8.56. The minimum Gasteiger partial charge on any atom is -0.381 e. The highest BCUT2D eigenvalue weighted by atomic mass is 35.5. The first-order valence-electron chi connectivity index (χ1n) is 6.26. The summed E-state index contributed by atoms with van der Waals surface area (Å²) in [7, 11) is 0.